The van der Waals surface area contributed by atoms with Crippen molar-refractivity contribution in [3.8, 4) is 22.6 Å². The minimum atomic E-state index is -0.438. The fraction of sp³-hybridized carbons (Fsp3) is 0.444. The Balaban J connectivity index is 0.00000190. The van der Waals surface area contributed by atoms with Crippen LogP contribution in [-0.4, -0.2) is 58.2 Å². The predicted octanol–water partition coefficient (Wildman–Crippen LogP) is 2.26. The molecule has 0 aliphatic carbocycles. The molecule has 0 atom stereocenters. The van der Waals surface area contributed by atoms with E-state index in [9.17, 15) is 9.18 Å². The van der Waals surface area contributed by atoms with Gasteiger partial charge in [0.25, 0.3) is 0 Å². The van der Waals surface area contributed by atoms with Crippen LogP contribution in [0.3, 0.4) is 0 Å². The molecule has 37 heavy (non-hydrogen) atoms. The Morgan fingerprint density at radius 1 is 1.16 bits per heavy atom. The SMILES string of the molecule is Cc1cccc(-c2nc3n(c2-c2ccc(F)c(NC(=O)CCC[N+]4(C)CCCCC4)c2)CCN3)n1.Cl.[Cl-]. The van der Waals surface area contributed by atoms with Gasteiger partial charge < -0.3 is 32.1 Å². The molecule has 4 heterocycles. The van der Waals surface area contributed by atoms with E-state index in [2.05, 4.69) is 27.2 Å². The molecule has 2 aliphatic rings. The van der Waals surface area contributed by atoms with E-state index < -0.39 is 5.82 Å². The van der Waals surface area contributed by atoms with Gasteiger partial charge in [-0.15, -0.1) is 12.4 Å². The monoisotopic (exact) mass is 548 g/mol. The van der Waals surface area contributed by atoms with Gasteiger partial charge in [0.05, 0.1) is 43.8 Å². The molecule has 3 aromatic rings. The molecule has 200 valence electrons. The number of aryl methyl sites for hydroxylation is 1. The summed E-state index contributed by atoms with van der Waals surface area (Å²) in [5, 5.41) is 6.12. The predicted molar refractivity (Wildman–Crippen MR) is 144 cm³/mol. The van der Waals surface area contributed by atoms with E-state index in [0.717, 1.165) is 64.8 Å². The number of quaternary nitrogens is 1. The van der Waals surface area contributed by atoms with Crippen molar-refractivity contribution in [3.63, 3.8) is 0 Å². The van der Waals surface area contributed by atoms with Crippen molar-refractivity contribution in [2.75, 3.05) is 43.9 Å². The van der Waals surface area contributed by atoms with E-state index in [1.807, 2.05) is 25.1 Å². The molecule has 2 aromatic heterocycles. The third kappa shape index (κ3) is 6.43. The van der Waals surface area contributed by atoms with Gasteiger partial charge in [0, 0.05) is 37.2 Å². The maximum absolute atomic E-state index is 14.7. The lowest BCUT2D eigenvalue weighted by atomic mass is 10.1. The zero-order chi connectivity index (χ0) is 24.4. The first kappa shape index (κ1) is 28.9. The van der Waals surface area contributed by atoms with Crippen molar-refractivity contribution in [2.45, 2.75) is 45.6 Å². The van der Waals surface area contributed by atoms with Crippen LogP contribution in [0, 0.1) is 12.7 Å². The van der Waals surface area contributed by atoms with Gasteiger partial charge >= 0.3 is 0 Å². The molecule has 0 unspecified atom stereocenters. The number of piperidine rings is 1. The number of nitrogens with zero attached hydrogens (tertiary/aromatic N) is 4. The molecule has 0 saturated carbocycles. The number of halogens is 3. The topological polar surface area (TPSA) is 71.8 Å². The number of fused-ring (bicyclic) bond motifs is 1. The highest BCUT2D eigenvalue weighted by molar-refractivity contribution is 5.92. The summed E-state index contributed by atoms with van der Waals surface area (Å²) < 4.78 is 17.9. The molecule has 2 N–H and O–H groups in total. The summed E-state index contributed by atoms with van der Waals surface area (Å²) in [5.74, 6) is 0.194. The third-order valence-corrected chi connectivity index (χ3v) is 7.23. The maximum atomic E-state index is 14.7. The Morgan fingerprint density at radius 2 is 1.95 bits per heavy atom. The van der Waals surface area contributed by atoms with Crippen molar-refractivity contribution in [1.29, 1.82) is 0 Å². The van der Waals surface area contributed by atoms with Gasteiger partial charge in [0.15, 0.2) is 0 Å². The number of amides is 1. The van der Waals surface area contributed by atoms with Gasteiger partial charge in [0.2, 0.25) is 11.9 Å². The van der Waals surface area contributed by atoms with Gasteiger partial charge in [-0.3, -0.25) is 9.78 Å². The minimum absolute atomic E-state index is 0. The molecule has 1 amide bonds. The number of aromatic nitrogens is 3. The van der Waals surface area contributed by atoms with Gasteiger partial charge in [-0.2, -0.15) is 0 Å². The van der Waals surface area contributed by atoms with Crippen LogP contribution >= 0.6 is 12.4 Å². The average molecular weight is 550 g/mol. The molecule has 0 spiro atoms. The zero-order valence-corrected chi connectivity index (χ0v) is 23.0. The van der Waals surface area contributed by atoms with E-state index in [0.29, 0.717) is 6.42 Å². The second-order valence-corrected chi connectivity index (χ2v) is 10.1. The number of benzene rings is 1. The lowest BCUT2D eigenvalue weighted by molar-refractivity contribution is -0.914. The number of carbonyl (C=O) groups excluding carboxylic acids is 1. The van der Waals surface area contributed by atoms with E-state index in [4.69, 9.17) is 4.98 Å². The van der Waals surface area contributed by atoms with Crippen LogP contribution in [0.25, 0.3) is 22.6 Å². The van der Waals surface area contributed by atoms with Crippen LogP contribution in [0.5, 0.6) is 0 Å². The molecule has 0 bridgehead atoms. The molecule has 2 aliphatic heterocycles. The number of rotatable bonds is 7. The third-order valence-electron chi connectivity index (χ3n) is 7.23. The summed E-state index contributed by atoms with van der Waals surface area (Å²) in [6.07, 6.45) is 5.02. The second-order valence-electron chi connectivity index (χ2n) is 10.1. The van der Waals surface area contributed by atoms with Gasteiger partial charge in [-0.25, -0.2) is 9.37 Å². The Kier molecular flexibility index (Phi) is 9.56. The van der Waals surface area contributed by atoms with Crippen molar-refractivity contribution in [1.82, 2.24) is 14.5 Å². The summed E-state index contributed by atoms with van der Waals surface area (Å²) in [6.45, 7) is 6.85. The number of hydrogen-bond acceptors (Lipinski definition) is 4. The first-order valence-electron chi connectivity index (χ1n) is 12.6. The molecule has 1 saturated heterocycles. The summed E-state index contributed by atoms with van der Waals surface area (Å²) in [5.41, 5.74) is 4.30. The molecule has 7 nitrogen and oxygen atoms in total. The van der Waals surface area contributed by atoms with E-state index in [-0.39, 0.29) is 36.4 Å². The number of nitrogens with one attached hydrogen (secondary N) is 2. The summed E-state index contributed by atoms with van der Waals surface area (Å²) >= 11 is 0. The highest BCUT2D eigenvalue weighted by Crippen LogP contribution is 2.37. The quantitative estimate of drug-likeness (QED) is 0.444. The van der Waals surface area contributed by atoms with Crippen LogP contribution in [0.15, 0.2) is 36.4 Å². The van der Waals surface area contributed by atoms with Gasteiger partial charge in [0.1, 0.15) is 11.5 Å². The fourth-order valence-corrected chi connectivity index (χ4v) is 5.33. The average Bonchev–Trinajstić information content (AvgIpc) is 3.42. The molecular formula is C27H35Cl2FN6O. The van der Waals surface area contributed by atoms with Gasteiger partial charge in [-0.1, -0.05) is 6.07 Å². The largest absolute Gasteiger partial charge is 1.00 e. The van der Waals surface area contributed by atoms with Crippen molar-refractivity contribution in [2.24, 2.45) is 0 Å². The first-order chi connectivity index (χ1) is 16.9. The first-order valence-corrected chi connectivity index (χ1v) is 12.6. The molecule has 1 aromatic carbocycles. The maximum Gasteiger partial charge on any atom is 0.224 e. The highest BCUT2D eigenvalue weighted by Gasteiger charge is 2.26. The van der Waals surface area contributed by atoms with Crippen LogP contribution < -0.4 is 23.0 Å². The summed E-state index contributed by atoms with van der Waals surface area (Å²) in [4.78, 5) is 22.1. The highest BCUT2D eigenvalue weighted by atomic mass is 35.5. The Morgan fingerprint density at radius 3 is 2.70 bits per heavy atom. The molecule has 5 rings (SSSR count). The van der Waals surface area contributed by atoms with Crippen LogP contribution in [0.1, 0.15) is 37.8 Å². The standard InChI is InChI=1S/C27H33FN6O.2ClH/c1-19-8-6-9-22(30-19)25-26(33-14-13-29-27(33)32-25)20-11-12-21(28)23(18-20)31-24(35)10-7-17-34(2)15-4-3-5-16-34;;/h6,8-9,11-12,18H,3-5,7,10,13-17H2,1-2H3,(H-,29,31,32,35);2*1H. The number of imidazole rings is 1. The van der Waals surface area contributed by atoms with Crippen LogP contribution in [0.4, 0.5) is 16.0 Å². The molecule has 10 heteroatoms. The van der Waals surface area contributed by atoms with Crippen LogP contribution in [0.2, 0.25) is 0 Å². The lowest BCUT2D eigenvalue weighted by Gasteiger charge is -2.37. The Labute approximate surface area is 230 Å². The van der Waals surface area contributed by atoms with E-state index >= 15 is 0 Å². The second kappa shape index (κ2) is 12.2. The zero-order valence-electron chi connectivity index (χ0n) is 21.4. The number of anilines is 2. The van der Waals surface area contributed by atoms with Crippen LogP contribution in [-0.2, 0) is 11.3 Å². The number of pyridine rings is 1. The lowest BCUT2D eigenvalue weighted by Crippen LogP contribution is -3.00. The Hall–Kier alpha value is -2.68. The van der Waals surface area contributed by atoms with Crippen molar-refractivity contribution < 1.29 is 26.1 Å². The molecule has 1 fully saturated rings. The summed E-state index contributed by atoms with van der Waals surface area (Å²) in [6, 6.07) is 10.7. The van der Waals surface area contributed by atoms with Gasteiger partial charge in [-0.05, 0) is 56.5 Å². The van der Waals surface area contributed by atoms with E-state index in [1.54, 1.807) is 12.1 Å². The number of likely N-dealkylation sites (tertiary alicyclic amines) is 1. The van der Waals surface area contributed by atoms with E-state index in [1.165, 1.54) is 38.4 Å². The molecular weight excluding hydrogens is 514 g/mol. The van der Waals surface area contributed by atoms with Crippen molar-refractivity contribution in [3.05, 3.63) is 47.9 Å². The number of carbonyl (C=O) groups is 1. The minimum Gasteiger partial charge on any atom is -1.00 e. The van der Waals surface area contributed by atoms with Crippen molar-refractivity contribution >= 4 is 29.9 Å². The number of hydrogen-bond donors (Lipinski definition) is 2. The molecule has 0 radical (unpaired) electrons. The smallest absolute Gasteiger partial charge is 0.224 e. The fourth-order valence-electron chi connectivity index (χ4n) is 5.33. The Bertz CT molecular complexity index is 1240. The summed E-state index contributed by atoms with van der Waals surface area (Å²) in [7, 11) is 2.28. The normalized spacial score (nSPS) is 15.6.